The molecule has 20 heavy (non-hydrogen) atoms. The van der Waals surface area contributed by atoms with Crippen molar-refractivity contribution in [2.45, 2.75) is 13.0 Å². The third-order valence-corrected chi connectivity index (χ3v) is 2.80. The number of benzene rings is 2. The zero-order chi connectivity index (χ0) is 14.4. The van der Waals surface area contributed by atoms with Crippen molar-refractivity contribution in [2.75, 3.05) is 7.11 Å². The minimum Gasteiger partial charge on any atom is -0.497 e. The summed E-state index contributed by atoms with van der Waals surface area (Å²) < 4.78 is 23.1. The Morgan fingerprint density at radius 3 is 2.50 bits per heavy atom. The number of methoxy groups -OCH3 is 1. The minimum atomic E-state index is -0.348. The topological polar surface area (TPSA) is 35.5 Å². The van der Waals surface area contributed by atoms with E-state index in [0.29, 0.717) is 5.56 Å². The summed E-state index contributed by atoms with van der Waals surface area (Å²) in [5, 5.41) is 0. The maximum Gasteiger partial charge on any atom is 0.310 e. The van der Waals surface area contributed by atoms with Gasteiger partial charge in [0.1, 0.15) is 18.2 Å². The smallest absolute Gasteiger partial charge is 0.310 e. The second kappa shape index (κ2) is 6.70. The number of rotatable bonds is 5. The van der Waals surface area contributed by atoms with Gasteiger partial charge < -0.3 is 9.47 Å². The Bertz CT molecular complexity index is 579. The van der Waals surface area contributed by atoms with Gasteiger partial charge in [-0.05, 0) is 35.4 Å². The van der Waals surface area contributed by atoms with Crippen LogP contribution in [0.3, 0.4) is 0 Å². The first-order chi connectivity index (χ1) is 9.67. The van der Waals surface area contributed by atoms with Crippen molar-refractivity contribution in [1.82, 2.24) is 0 Å². The second-order valence-corrected chi connectivity index (χ2v) is 4.32. The summed E-state index contributed by atoms with van der Waals surface area (Å²) >= 11 is 0. The number of hydrogen-bond acceptors (Lipinski definition) is 3. The normalized spacial score (nSPS) is 10.1. The molecule has 0 heterocycles. The van der Waals surface area contributed by atoms with E-state index >= 15 is 0 Å². The van der Waals surface area contributed by atoms with Crippen LogP contribution in [0.4, 0.5) is 4.39 Å². The van der Waals surface area contributed by atoms with E-state index in [2.05, 4.69) is 0 Å². The van der Waals surface area contributed by atoms with E-state index in [1.807, 2.05) is 12.1 Å². The molecule has 0 saturated carbocycles. The largest absolute Gasteiger partial charge is 0.497 e. The van der Waals surface area contributed by atoms with Crippen LogP contribution in [0, 0.1) is 5.82 Å². The molecule has 0 bridgehead atoms. The van der Waals surface area contributed by atoms with Gasteiger partial charge in [0.2, 0.25) is 0 Å². The predicted octanol–water partition coefficient (Wildman–Crippen LogP) is 3.12. The molecule has 0 N–H and O–H groups in total. The zero-order valence-electron chi connectivity index (χ0n) is 11.1. The summed E-state index contributed by atoms with van der Waals surface area (Å²) in [6.45, 7) is 0.0761. The highest BCUT2D eigenvalue weighted by molar-refractivity contribution is 5.72. The first-order valence-corrected chi connectivity index (χ1v) is 6.20. The lowest BCUT2D eigenvalue weighted by atomic mass is 10.1. The number of carbonyl (C=O) groups is 1. The average Bonchev–Trinajstić information content (AvgIpc) is 2.46. The van der Waals surface area contributed by atoms with Crippen LogP contribution < -0.4 is 4.74 Å². The average molecular weight is 274 g/mol. The van der Waals surface area contributed by atoms with Crippen LogP contribution in [0.5, 0.6) is 5.75 Å². The summed E-state index contributed by atoms with van der Waals surface area (Å²) in [7, 11) is 1.59. The van der Waals surface area contributed by atoms with Crippen molar-refractivity contribution in [1.29, 1.82) is 0 Å². The standard InChI is InChI=1S/C16H15FO3/c1-19-15-7-5-12(6-8-15)10-16(18)20-11-13-3-2-4-14(17)9-13/h2-9H,10-11H2,1H3. The lowest BCUT2D eigenvalue weighted by molar-refractivity contribution is -0.144. The molecule has 0 aliphatic rings. The Balaban J connectivity index is 1.85. The number of hydrogen-bond donors (Lipinski definition) is 0. The van der Waals surface area contributed by atoms with Crippen LogP contribution >= 0.6 is 0 Å². The molecule has 2 aromatic rings. The van der Waals surface area contributed by atoms with Gasteiger partial charge in [-0.2, -0.15) is 0 Å². The second-order valence-electron chi connectivity index (χ2n) is 4.32. The van der Waals surface area contributed by atoms with E-state index in [0.717, 1.165) is 11.3 Å². The fourth-order valence-electron chi connectivity index (χ4n) is 1.75. The molecule has 104 valence electrons. The molecule has 0 aromatic heterocycles. The van der Waals surface area contributed by atoms with Crippen LogP contribution in [0.1, 0.15) is 11.1 Å². The summed E-state index contributed by atoms with van der Waals surface area (Å²) in [6.07, 6.45) is 0.180. The van der Waals surface area contributed by atoms with Crippen molar-refractivity contribution in [3.05, 3.63) is 65.5 Å². The summed E-state index contributed by atoms with van der Waals surface area (Å²) in [6, 6.07) is 13.2. The Morgan fingerprint density at radius 1 is 1.10 bits per heavy atom. The highest BCUT2D eigenvalue weighted by Gasteiger charge is 2.06. The van der Waals surface area contributed by atoms with Gasteiger partial charge in [-0.3, -0.25) is 4.79 Å². The zero-order valence-corrected chi connectivity index (χ0v) is 11.1. The molecule has 0 amide bonds. The highest BCUT2D eigenvalue weighted by atomic mass is 19.1. The number of carbonyl (C=O) groups excluding carboxylic acids is 1. The van der Waals surface area contributed by atoms with E-state index in [4.69, 9.17) is 9.47 Å². The molecular weight excluding hydrogens is 259 g/mol. The van der Waals surface area contributed by atoms with Crippen LogP contribution in [0.25, 0.3) is 0 Å². The lowest BCUT2D eigenvalue weighted by Crippen LogP contribution is -2.08. The van der Waals surface area contributed by atoms with Gasteiger partial charge in [0, 0.05) is 0 Å². The summed E-state index contributed by atoms with van der Waals surface area (Å²) in [4.78, 5) is 11.7. The fraction of sp³-hybridized carbons (Fsp3) is 0.188. The first kappa shape index (κ1) is 14.1. The van der Waals surface area contributed by atoms with Crippen LogP contribution in [-0.2, 0) is 22.6 Å². The summed E-state index contributed by atoms with van der Waals surface area (Å²) in [5.41, 5.74) is 1.48. The van der Waals surface area contributed by atoms with Gasteiger partial charge in [0.05, 0.1) is 13.5 Å². The van der Waals surface area contributed by atoms with Gasteiger partial charge in [-0.15, -0.1) is 0 Å². The molecule has 0 atom stereocenters. The molecule has 0 unspecified atom stereocenters. The van der Waals surface area contributed by atoms with Gasteiger partial charge in [0.15, 0.2) is 0 Å². The molecule has 0 fully saturated rings. The first-order valence-electron chi connectivity index (χ1n) is 6.20. The molecular formula is C16H15FO3. The fourth-order valence-corrected chi connectivity index (χ4v) is 1.75. The van der Waals surface area contributed by atoms with Crippen molar-refractivity contribution in [3.63, 3.8) is 0 Å². The molecule has 0 aliphatic carbocycles. The van der Waals surface area contributed by atoms with E-state index in [1.54, 1.807) is 31.4 Å². The van der Waals surface area contributed by atoms with Crippen molar-refractivity contribution < 1.29 is 18.7 Å². The Labute approximate surface area is 117 Å². The van der Waals surface area contributed by atoms with Crippen LogP contribution in [0.15, 0.2) is 48.5 Å². The molecule has 0 saturated heterocycles. The molecule has 3 nitrogen and oxygen atoms in total. The van der Waals surface area contributed by atoms with Crippen LogP contribution in [-0.4, -0.2) is 13.1 Å². The molecule has 0 spiro atoms. The Kier molecular flexibility index (Phi) is 4.71. The molecule has 0 radical (unpaired) electrons. The minimum absolute atomic E-state index is 0.0761. The van der Waals surface area contributed by atoms with E-state index in [-0.39, 0.29) is 24.8 Å². The van der Waals surface area contributed by atoms with Gasteiger partial charge in [-0.25, -0.2) is 4.39 Å². The SMILES string of the molecule is COc1ccc(CC(=O)OCc2cccc(F)c2)cc1. The van der Waals surface area contributed by atoms with E-state index in [9.17, 15) is 9.18 Å². The summed E-state index contributed by atoms with van der Waals surface area (Å²) in [5.74, 6) is 0.0509. The van der Waals surface area contributed by atoms with Crippen molar-refractivity contribution >= 4 is 5.97 Å². The van der Waals surface area contributed by atoms with Crippen molar-refractivity contribution in [3.8, 4) is 5.75 Å². The highest BCUT2D eigenvalue weighted by Crippen LogP contribution is 2.12. The monoisotopic (exact) mass is 274 g/mol. The Hall–Kier alpha value is -2.36. The maximum atomic E-state index is 13.0. The number of esters is 1. The van der Waals surface area contributed by atoms with Gasteiger partial charge in [0.25, 0.3) is 0 Å². The number of ether oxygens (including phenoxy) is 2. The van der Waals surface area contributed by atoms with E-state index < -0.39 is 0 Å². The maximum absolute atomic E-state index is 13.0. The van der Waals surface area contributed by atoms with Crippen molar-refractivity contribution in [2.24, 2.45) is 0 Å². The quantitative estimate of drug-likeness (QED) is 0.786. The molecule has 2 aromatic carbocycles. The van der Waals surface area contributed by atoms with Gasteiger partial charge in [-0.1, -0.05) is 24.3 Å². The van der Waals surface area contributed by atoms with E-state index in [1.165, 1.54) is 12.1 Å². The number of halogens is 1. The third-order valence-electron chi connectivity index (χ3n) is 2.80. The molecule has 0 aliphatic heterocycles. The molecule has 2 rings (SSSR count). The third kappa shape index (κ3) is 4.09. The lowest BCUT2D eigenvalue weighted by Gasteiger charge is -2.06. The predicted molar refractivity (Wildman–Crippen MR) is 72.9 cm³/mol. The van der Waals surface area contributed by atoms with Crippen LogP contribution in [0.2, 0.25) is 0 Å². The van der Waals surface area contributed by atoms with Gasteiger partial charge >= 0.3 is 5.97 Å². The Morgan fingerprint density at radius 2 is 1.85 bits per heavy atom. The molecule has 4 heteroatoms.